The molecule has 162 valence electrons. The maximum absolute atomic E-state index is 13.2. The summed E-state index contributed by atoms with van der Waals surface area (Å²) >= 11 is 0. The second kappa shape index (κ2) is 8.69. The lowest BCUT2D eigenvalue weighted by atomic mass is 9.94. The third kappa shape index (κ3) is 3.70. The molecule has 0 fully saturated rings. The van der Waals surface area contributed by atoms with Crippen molar-refractivity contribution < 1.29 is 23.7 Å². The van der Waals surface area contributed by atoms with Crippen molar-refractivity contribution in [1.29, 1.82) is 0 Å². The second-order valence-corrected chi connectivity index (χ2v) is 7.10. The van der Waals surface area contributed by atoms with E-state index in [4.69, 9.17) is 23.9 Å². The molecule has 3 aromatic rings. The number of para-hydroxylation sites is 2. The highest BCUT2D eigenvalue weighted by Crippen LogP contribution is 2.43. The van der Waals surface area contributed by atoms with Crippen molar-refractivity contribution in [2.45, 2.75) is 13.0 Å². The molecule has 4 rings (SSSR count). The summed E-state index contributed by atoms with van der Waals surface area (Å²) in [5, 5.41) is 3.26. The van der Waals surface area contributed by atoms with Gasteiger partial charge in [-0.15, -0.1) is 0 Å². The summed E-state index contributed by atoms with van der Waals surface area (Å²) in [5.41, 5.74) is 3.61. The number of benzene rings is 2. The number of anilines is 1. The number of carbonyl (C=O) groups excluding carboxylic acids is 1. The molecule has 1 atom stereocenters. The van der Waals surface area contributed by atoms with E-state index in [-0.39, 0.29) is 6.61 Å². The van der Waals surface area contributed by atoms with Gasteiger partial charge in [-0.3, -0.25) is 4.57 Å². The molecule has 1 aromatic heterocycles. The van der Waals surface area contributed by atoms with Crippen LogP contribution in [0.4, 0.5) is 5.95 Å². The zero-order chi connectivity index (χ0) is 22.0. The number of nitrogens with one attached hydrogen (secondary N) is 1. The molecule has 0 saturated heterocycles. The largest absolute Gasteiger partial charge is 0.497 e. The van der Waals surface area contributed by atoms with Crippen LogP contribution in [-0.4, -0.2) is 50.1 Å². The number of allylic oxidation sites excluding steroid dienone is 1. The quantitative estimate of drug-likeness (QED) is 0.460. The Labute approximate surface area is 180 Å². The predicted molar refractivity (Wildman–Crippen MR) is 117 cm³/mol. The van der Waals surface area contributed by atoms with Crippen LogP contribution in [0.15, 0.2) is 53.7 Å². The molecule has 0 saturated carbocycles. The number of nitrogens with zero attached hydrogens (tertiary/aromatic N) is 2. The minimum Gasteiger partial charge on any atom is -0.497 e. The highest BCUT2D eigenvalue weighted by molar-refractivity contribution is 5.94. The van der Waals surface area contributed by atoms with Gasteiger partial charge < -0.3 is 24.3 Å². The van der Waals surface area contributed by atoms with Gasteiger partial charge in [0.2, 0.25) is 5.95 Å². The minimum absolute atomic E-state index is 0.158. The van der Waals surface area contributed by atoms with E-state index in [0.29, 0.717) is 35.3 Å². The fraction of sp³-hybridized carbons (Fsp3) is 0.304. The summed E-state index contributed by atoms with van der Waals surface area (Å²) in [6.07, 6.45) is 0. The fourth-order valence-electron chi connectivity index (χ4n) is 3.87. The molecule has 1 unspecified atom stereocenters. The van der Waals surface area contributed by atoms with Gasteiger partial charge in [0.1, 0.15) is 18.1 Å². The third-order valence-electron chi connectivity index (χ3n) is 5.30. The van der Waals surface area contributed by atoms with Crippen LogP contribution in [0.1, 0.15) is 18.5 Å². The van der Waals surface area contributed by atoms with Gasteiger partial charge in [0, 0.05) is 18.4 Å². The Morgan fingerprint density at radius 1 is 1.10 bits per heavy atom. The lowest BCUT2D eigenvalue weighted by Gasteiger charge is -2.31. The monoisotopic (exact) mass is 423 g/mol. The molecule has 1 aliphatic rings. The molecule has 0 radical (unpaired) electrons. The number of imidazole rings is 1. The number of ether oxygens (including phenoxy) is 4. The molecular weight excluding hydrogens is 398 g/mol. The summed E-state index contributed by atoms with van der Waals surface area (Å²) in [4.78, 5) is 17.9. The summed E-state index contributed by atoms with van der Waals surface area (Å²) < 4.78 is 23.6. The first-order chi connectivity index (χ1) is 15.1. The van der Waals surface area contributed by atoms with Crippen LogP contribution in [0.2, 0.25) is 0 Å². The molecule has 31 heavy (non-hydrogen) atoms. The first-order valence-electron chi connectivity index (χ1n) is 9.91. The van der Waals surface area contributed by atoms with Crippen molar-refractivity contribution in [2.75, 3.05) is 39.9 Å². The average Bonchev–Trinajstić information content (AvgIpc) is 3.15. The second-order valence-electron chi connectivity index (χ2n) is 7.10. The molecule has 1 aliphatic heterocycles. The van der Waals surface area contributed by atoms with Crippen LogP contribution < -0.4 is 14.8 Å². The fourth-order valence-corrected chi connectivity index (χ4v) is 3.87. The van der Waals surface area contributed by atoms with Gasteiger partial charge in [0.15, 0.2) is 0 Å². The lowest BCUT2D eigenvalue weighted by Crippen LogP contribution is -2.29. The van der Waals surface area contributed by atoms with Crippen molar-refractivity contribution in [3.05, 3.63) is 59.3 Å². The Kier molecular flexibility index (Phi) is 5.81. The smallest absolute Gasteiger partial charge is 0.338 e. The van der Waals surface area contributed by atoms with E-state index in [1.807, 2.05) is 54.0 Å². The Balaban J connectivity index is 1.94. The van der Waals surface area contributed by atoms with Gasteiger partial charge in [0.25, 0.3) is 0 Å². The van der Waals surface area contributed by atoms with Gasteiger partial charge in [-0.05, 0) is 37.3 Å². The highest BCUT2D eigenvalue weighted by Gasteiger charge is 2.36. The Bertz CT molecular complexity index is 1150. The number of aromatic nitrogens is 2. The van der Waals surface area contributed by atoms with E-state index in [9.17, 15) is 4.79 Å². The molecule has 2 aromatic carbocycles. The number of rotatable bonds is 7. The molecule has 2 heterocycles. The zero-order valence-electron chi connectivity index (χ0n) is 18.0. The van der Waals surface area contributed by atoms with E-state index in [1.165, 1.54) is 0 Å². The average molecular weight is 423 g/mol. The normalized spacial score (nSPS) is 15.4. The van der Waals surface area contributed by atoms with Crippen molar-refractivity contribution in [2.24, 2.45) is 0 Å². The number of methoxy groups -OCH3 is 3. The van der Waals surface area contributed by atoms with Crippen molar-refractivity contribution in [1.82, 2.24) is 9.55 Å². The maximum Gasteiger partial charge on any atom is 0.338 e. The standard InChI is InChI=1S/C23H25N3O5/c1-14-20(22(27)31-12-11-28-2)21(16-13-15(29-3)9-10-19(16)30-4)26-18-8-6-5-7-17(18)25-23(26)24-14/h5-10,13,21H,11-12H2,1-4H3,(H,24,25). The van der Waals surface area contributed by atoms with E-state index in [2.05, 4.69) is 5.32 Å². The minimum atomic E-state index is -0.524. The summed E-state index contributed by atoms with van der Waals surface area (Å²) in [6.45, 7) is 2.32. The van der Waals surface area contributed by atoms with Crippen LogP contribution in [0.3, 0.4) is 0 Å². The number of carbonyl (C=O) groups is 1. The molecule has 0 spiro atoms. The topological polar surface area (TPSA) is 83.8 Å². The Morgan fingerprint density at radius 2 is 1.90 bits per heavy atom. The van der Waals surface area contributed by atoms with Gasteiger partial charge >= 0.3 is 5.97 Å². The van der Waals surface area contributed by atoms with Crippen LogP contribution in [-0.2, 0) is 14.3 Å². The van der Waals surface area contributed by atoms with Crippen LogP contribution in [0.25, 0.3) is 11.0 Å². The summed E-state index contributed by atoms with van der Waals surface area (Å²) in [7, 11) is 4.77. The lowest BCUT2D eigenvalue weighted by molar-refractivity contribution is -0.140. The van der Waals surface area contributed by atoms with E-state index < -0.39 is 12.0 Å². The van der Waals surface area contributed by atoms with Gasteiger partial charge in [-0.1, -0.05) is 12.1 Å². The first-order valence-corrected chi connectivity index (χ1v) is 9.91. The third-order valence-corrected chi connectivity index (χ3v) is 5.30. The maximum atomic E-state index is 13.2. The molecule has 8 nitrogen and oxygen atoms in total. The Hall–Kier alpha value is -3.52. The van der Waals surface area contributed by atoms with Crippen molar-refractivity contribution in [3.8, 4) is 11.5 Å². The van der Waals surface area contributed by atoms with E-state index in [0.717, 1.165) is 16.6 Å². The van der Waals surface area contributed by atoms with Crippen LogP contribution in [0.5, 0.6) is 11.5 Å². The Morgan fingerprint density at radius 3 is 2.65 bits per heavy atom. The van der Waals surface area contributed by atoms with Gasteiger partial charge in [-0.2, -0.15) is 0 Å². The molecule has 0 aliphatic carbocycles. The van der Waals surface area contributed by atoms with Gasteiger partial charge in [-0.25, -0.2) is 9.78 Å². The molecule has 0 amide bonds. The van der Waals surface area contributed by atoms with E-state index >= 15 is 0 Å². The molecule has 1 N–H and O–H groups in total. The van der Waals surface area contributed by atoms with Crippen molar-refractivity contribution >= 4 is 23.0 Å². The van der Waals surface area contributed by atoms with Crippen molar-refractivity contribution in [3.63, 3.8) is 0 Å². The summed E-state index contributed by atoms with van der Waals surface area (Å²) in [5.74, 6) is 1.50. The number of fused-ring (bicyclic) bond motifs is 3. The van der Waals surface area contributed by atoms with Crippen LogP contribution in [0, 0.1) is 0 Å². The predicted octanol–water partition coefficient (Wildman–Crippen LogP) is 3.53. The number of hydrogen-bond donors (Lipinski definition) is 1. The van der Waals surface area contributed by atoms with Gasteiger partial charge in [0.05, 0.1) is 43.5 Å². The zero-order valence-corrected chi connectivity index (χ0v) is 18.0. The number of hydrogen-bond acceptors (Lipinski definition) is 7. The summed E-state index contributed by atoms with van der Waals surface area (Å²) in [6, 6.07) is 12.8. The SMILES string of the molecule is COCCOC(=O)C1=C(C)Nc2nc3ccccc3n2C1c1cc(OC)ccc1OC. The molecule has 0 bridgehead atoms. The first kappa shape index (κ1) is 20.7. The van der Waals surface area contributed by atoms with Crippen LogP contribution >= 0.6 is 0 Å². The number of esters is 1. The van der Waals surface area contributed by atoms with E-state index in [1.54, 1.807) is 21.3 Å². The highest BCUT2D eigenvalue weighted by atomic mass is 16.6. The molecular formula is C23H25N3O5. The molecule has 8 heteroatoms.